The van der Waals surface area contributed by atoms with Gasteiger partial charge in [0.2, 0.25) is 5.91 Å². The fourth-order valence-corrected chi connectivity index (χ4v) is 8.19. The number of hydrogen-bond acceptors (Lipinski definition) is 10. The van der Waals surface area contributed by atoms with Crippen molar-refractivity contribution >= 4 is 31.4 Å². The summed E-state index contributed by atoms with van der Waals surface area (Å²) in [4.78, 5) is 12.4. The Morgan fingerprint density at radius 1 is 1.19 bits per heavy atom. The van der Waals surface area contributed by atoms with E-state index in [1.165, 1.54) is 45.4 Å². The van der Waals surface area contributed by atoms with Crippen molar-refractivity contribution < 1.29 is 35.6 Å². The molecule has 0 aliphatic carbocycles. The maximum absolute atomic E-state index is 13.3. The number of nitrogens with one attached hydrogen (secondary N) is 2. The third-order valence-corrected chi connectivity index (χ3v) is 9.27. The van der Waals surface area contributed by atoms with Crippen LogP contribution in [-0.2, 0) is 24.5 Å². The highest BCUT2D eigenvalue weighted by Gasteiger charge is 2.46. The van der Waals surface area contributed by atoms with Crippen LogP contribution in [0.4, 0.5) is 5.82 Å². The average Bonchev–Trinajstić information content (AvgIpc) is 3.28. The Morgan fingerprint density at radius 3 is 2.47 bits per heavy atom. The normalized spacial score (nSPS) is 21.1. The molecule has 1 aliphatic rings. The Kier molecular flexibility index (Phi) is 6.81. The second kappa shape index (κ2) is 9.08. The standard InChI is InChI=1S/C19H25N3O8S2/c1-11-7-18(22-30-11)21-19(23)12(2)20-14-9-31(24,25)10-17(14)32(26,27)13-5-6-15(28-3)16(8-13)29-4/h5-8,12,14,17,20H,9-10H2,1-4H3,(H,21,22,23)/t12-,14-,17-/m0/s1. The quantitative estimate of drug-likeness (QED) is 0.540. The second-order valence-corrected chi connectivity index (χ2v) is 11.8. The number of amides is 1. The number of aromatic nitrogens is 1. The van der Waals surface area contributed by atoms with Crippen LogP contribution in [0.3, 0.4) is 0 Å². The van der Waals surface area contributed by atoms with Gasteiger partial charge in [0.25, 0.3) is 0 Å². The lowest BCUT2D eigenvalue weighted by atomic mass is 10.2. The number of methoxy groups -OCH3 is 2. The van der Waals surface area contributed by atoms with Crippen LogP contribution in [0.1, 0.15) is 12.7 Å². The van der Waals surface area contributed by atoms with Crippen LogP contribution in [0.25, 0.3) is 0 Å². The van der Waals surface area contributed by atoms with Gasteiger partial charge in [0.1, 0.15) is 5.76 Å². The molecule has 11 nitrogen and oxygen atoms in total. The van der Waals surface area contributed by atoms with Gasteiger partial charge >= 0.3 is 0 Å². The molecule has 1 aliphatic heterocycles. The van der Waals surface area contributed by atoms with Gasteiger partial charge in [-0.25, -0.2) is 16.8 Å². The molecule has 2 heterocycles. The zero-order valence-corrected chi connectivity index (χ0v) is 19.6. The minimum atomic E-state index is -4.08. The Bertz CT molecular complexity index is 1210. The molecule has 176 valence electrons. The van der Waals surface area contributed by atoms with Gasteiger partial charge in [-0.3, -0.25) is 4.79 Å². The summed E-state index contributed by atoms with van der Waals surface area (Å²) in [5.74, 6) is -0.227. The van der Waals surface area contributed by atoms with E-state index in [0.717, 1.165) is 0 Å². The van der Waals surface area contributed by atoms with E-state index in [2.05, 4.69) is 15.8 Å². The van der Waals surface area contributed by atoms with Gasteiger partial charge in [0.05, 0.1) is 41.9 Å². The fraction of sp³-hybridized carbons (Fsp3) is 0.474. The molecular weight excluding hydrogens is 462 g/mol. The molecule has 1 saturated heterocycles. The van der Waals surface area contributed by atoms with Crippen LogP contribution < -0.4 is 20.1 Å². The Labute approximate surface area is 186 Å². The van der Waals surface area contributed by atoms with E-state index in [-0.39, 0.29) is 16.5 Å². The summed E-state index contributed by atoms with van der Waals surface area (Å²) in [6.07, 6.45) is 0. The molecule has 1 fully saturated rings. The molecule has 3 atom stereocenters. The molecule has 3 rings (SSSR count). The summed E-state index contributed by atoms with van der Waals surface area (Å²) >= 11 is 0. The van der Waals surface area contributed by atoms with Crippen molar-refractivity contribution in [3.63, 3.8) is 0 Å². The van der Waals surface area contributed by atoms with Crippen molar-refractivity contribution in [1.82, 2.24) is 10.5 Å². The third kappa shape index (κ3) is 5.05. The molecular formula is C19H25N3O8S2. The van der Waals surface area contributed by atoms with Gasteiger partial charge in [-0.1, -0.05) is 5.16 Å². The highest BCUT2D eigenvalue weighted by atomic mass is 32.2. The summed E-state index contributed by atoms with van der Waals surface area (Å²) in [5, 5.41) is 7.77. The van der Waals surface area contributed by atoms with E-state index < -0.39 is 54.4 Å². The largest absolute Gasteiger partial charge is 0.493 e. The Morgan fingerprint density at radius 2 is 1.88 bits per heavy atom. The number of hydrogen-bond donors (Lipinski definition) is 2. The van der Waals surface area contributed by atoms with Crippen molar-refractivity contribution in [3.8, 4) is 11.5 Å². The van der Waals surface area contributed by atoms with Gasteiger partial charge < -0.3 is 24.6 Å². The van der Waals surface area contributed by atoms with Crippen molar-refractivity contribution in [2.45, 2.75) is 36.1 Å². The molecule has 0 spiro atoms. The topological polar surface area (TPSA) is 154 Å². The van der Waals surface area contributed by atoms with Crippen molar-refractivity contribution in [3.05, 3.63) is 30.0 Å². The summed E-state index contributed by atoms with van der Waals surface area (Å²) in [6.45, 7) is 3.17. The maximum Gasteiger partial charge on any atom is 0.242 e. The number of rotatable bonds is 8. The molecule has 2 N–H and O–H groups in total. The van der Waals surface area contributed by atoms with E-state index >= 15 is 0 Å². The van der Waals surface area contributed by atoms with Crippen LogP contribution in [0, 0.1) is 6.92 Å². The Hall–Kier alpha value is -2.64. The van der Waals surface area contributed by atoms with Crippen LogP contribution in [0.15, 0.2) is 33.7 Å². The first kappa shape index (κ1) is 24.0. The minimum Gasteiger partial charge on any atom is -0.493 e. The summed E-state index contributed by atoms with van der Waals surface area (Å²) in [7, 11) is -4.94. The second-order valence-electron chi connectivity index (χ2n) is 7.48. The van der Waals surface area contributed by atoms with Crippen LogP contribution in [-0.4, -0.2) is 71.0 Å². The van der Waals surface area contributed by atoms with E-state index in [9.17, 15) is 21.6 Å². The van der Waals surface area contributed by atoms with Crippen molar-refractivity contribution in [2.24, 2.45) is 0 Å². The molecule has 0 unspecified atom stereocenters. The van der Waals surface area contributed by atoms with Gasteiger partial charge in [0, 0.05) is 18.2 Å². The van der Waals surface area contributed by atoms with Crippen LogP contribution in [0.2, 0.25) is 0 Å². The molecule has 1 aromatic heterocycles. The number of carbonyl (C=O) groups is 1. The minimum absolute atomic E-state index is 0.0979. The predicted octanol–water partition coefficient (Wildman–Crippen LogP) is 0.556. The zero-order valence-electron chi connectivity index (χ0n) is 18.0. The summed E-state index contributed by atoms with van der Waals surface area (Å²) in [6, 6.07) is 3.70. The fourth-order valence-electron chi connectivity index (χ4n) is 3.50. The Balaban J connectivity index is 1.83. The van der Waals surface area contributed by atoms with E-state index in [1.54, 1.807) is 6.92 Å². The molecule has 0 saturated carbocycles. The first-order valence-corrected chi connectivity index (χ1v) is 13.0. The summed E-state index contributed by atoms with van der Waals surface area (Å²) < 4.78 is 66.5. The van der Waals surface area contributed by atoms with Crippen molar-refractivity contribution in [2.75, 3.05) is 31.0 Å². The summed E-state index contributed by atoms with van der Waals surface area (Å²) in [5.41, 5.74) is 0. The number of benzene rings is 1. The van der Waals surface area contributed by atoms with Gasteiger partial charge in [0.15, 0.2) is 37.0 Å². The first-order valence-electron chi connectivity index (χ1n) is 9.63. The third-order valence-electron chi connectivity index (χ3n) is 5.12. The van der Waals surface area contributed by atoms with E-state index in [1.807, 2.05) is 0 Å². The van der Waals surface area contributed by atoms with Crippen molar-refractivity contribution in [1.29, 1.82) is 0 Å². The molecule has 13 heteroatoms. The molecule has 0 bridgehead atoms. The predicted molar refractivity (Wildman–Crippen MR) is 115 cm³/mol. The monoisotopic (exact) mass is 487 g/mol. The van der Waals surface area contributed by atoms with Crippen LogP contribution >= 0.6 is 0 Å². The first-order chi connectivity index (χ1) is 15.0. The number of ether oxygens (including phenoxy) is 2. The lowest BCUT2D eigenvalue weighted by molar-refractivity contribution is -0.118. The zero-order chi connectivity index (χ0) is 23.7. The number of aryl methyl sites for hydroxylation is 1. The maximum atomic E-state index is 13.3. The average molecular weight is 488 g/mol. The molecule has 1 amide bonds. The molecule has 32 heavy (non-hydrogen) atoms. The lowest BCUT2D eigenvalue weighted by Crippen LogP contribution is -2.50. The van der Waals surface area contributed by atoms with Crippen LogP contribution in [0.5, 0.6) is 11.5 Å². The SMILES string of the molecule is COc1ccc(S(=O)(=O)[C@H]2CS(=O)(=O)C[C@@H]2N[C@@H](C)C(=O)Nc2cc(C)on2)cc1OC. The van der Waals surface area contributed by atoms with Gasteiger partial charge in [-0.05, 0) is 26.0 Å². The van der Waals surface area contributed by atoms with E-state index in [0.29, 0.717) is 11.5 Å². The number of anilines is 1. The highest BCUT2D eigenvalue weighted by molar-refractivity contribution is 7.96. The van der Waals surface area contributed by atoms with Gasteiger partial charge in [-0.2, -0.15) is 0 Å². The lowest BCUT2D eigenvalue weighted by Gasteiger charge is -2.23. The number of sulfone groups is 2. The highest BCUT2D eigenvalue weighted by Crippen LogP contribution is 2.33. The smallest absolute Gasteiger partial charge is 0.242 e. The molecule has 1 aromatic carbocycles. The number of carbonyl (C=O) groups excluding carboxylic acids is 1. The van der Waals surface area contributed by atoms with Gasteiger partial charge in [-0.15, -0.1) is 0 Å². The van der Waals surface area contributed by atoms with E-state index in [4.69, 9.17) is 14.0 Å². The molecule has 2 aromatic rings. The molecule has 0 radical (unpaired) electrons. The number of nitrogens with zero attached hydrogens (tertiary/aromatic N) is 1.